The fraction of sp³-hybridized carbons (Fsp3) is 0.421. The van der Waals surface area contributed by atoms with Crippen LogP contribution in [-0.2, 0) is 11.3 Å². The van der Waals surface area contributed by atoms with Gasteiger partial charge in [-0.05, 0) is 37.6 Å². The Morgan fingerprint density at radius 3 is 3.00 bits per heavy atom. The number of carbonyl (C=O) groups excluding carboxylic acids is 1. The molecule has 1 aromatic carbocycles. The number of furan rings is 1. The van der Waals surface area contributed by atoms with Crippen molar-refractivity contribution in [3.05, 3.63) is 48.0 Å². The van der Waals surface area contributed by atoms with Gasteiger partial charge in [-0.15, -0.1) is 0 Å². The van der Waals surface area contributed by atoms with Crippen molar-refractivity contribution in [1.29, 1.82) is 0 Å². The molecule has 3 rings (SSSR count). The zero-order valence-electron chi connectivity index (χ0n) is 14.3. The molecular formula is C19H23FN2O3. The van der Waals surface area contributed by atoms with Crippen LogP contribution >= 0.6 is 0 Å². The highest BCUT2D eigenvalue weighted by atomic mass is 19.1. The predicted molar refractivity (Wildman–Crippen MR) is 92.5 cm³/mol. The number of likely N-dealkylation sites (tertiary alicyclic amines) is 1. The van der Waals surface area contributed by atoms with Crippen LogP contribution in [0.4, 0.5) is 9.18 Å². The Bertz CT molecular complexity index is 716. The van der Waals surface area contributed by atoms with Crippen LogP contribution in [-0.4, -0.2) is 37.2 Å². The molecule has 0 spiro atoms. The number of hydrogen-bond acceptors (Lipinski definition) is 3. The number of rotatable bonds is 6. The third kappa shape index (κ3) is 4.39. The standard InChI is InChI=1S/C19H23FN2O3/c1-2-24-13-14-9-10-22(12-14)19(23)21-11-15-7-8-18(25-15)16-5-3-4-6-17(16)20/h3-8,14H,2,9-13H2,1H3,(H,21,23)/t14-/m1/s1. The highest BCUT2D eigenvalue weighted by Gasteiger charge is 2.26. The highest BCUT2D eigenvalue weighted by molar-refractivity contribution is 5.74. The van der Waals surface area contributed by atoms with Gasteiger partial charge in [0, 0.05) is 25.6 Å². The minimum Gasteiger partial charge on any atom is -0.459 e. The predicted octanol–water partition coefficient (Wildman–Crippen LogP) is 3.65. The van der Waals surface area contributed by atoms with E-state index in [1.807, 2.05) is 6.92 Å². The first-order valence-corrected chi connectivity index (χ1v) is 8.61. The SMILES string of the molecule is CCOC[C@@H]1CCN(C(=O)NCc2ccc(-c3ccccc3F)o2)C1. The molecule has 5 nitrogen and oxygen atoms in total. The van der Waals surface area contributed by atoms with Crippen molar-refractivity contribution in [2.75, 3.05) is 26.3 Å². The topological polar surface area (TPSA) is 54.7 Å². The molecule has 1 aromatic heterocycles. The largest absolute Gasteiger partial charge is 0.459 e. The highest BCUT2D eigenvalue weighted by Crippen LogP contribution is 2.24. The Balaban J connectivity index is 1.51. The van der Waals surface area contributed by atoms with Crippen molar-refractivity contribution >= 4 is 6.03 Å². The number of amides is 2. The van der Waals surface area contributed by atoms with Crippen LogP contribution in [0.1, 0.15) is 19.1 Å². The van der Waals surface area contributed by atoms with E-state index >= 15 is 0 Å². The van der Waals surface area contributed by atoms with E-state index in [9.17, 15) is 9.18 Å². The van der Waals surface area contributed by atoms with Gasteiger partial charge in [0.05, 0.1) is 18.7 Å². The Morgan fingerprint density at radius 2 is 2.20 bits per heavy atom. The average molecular weight is 346 g/mol. The minimum atomic E-state index is -0.329. The Morgan fingerprint density at radius 1 is 1.36 bits per heavy atom. The van der Waals surface area contributed by atoms with Crippen molar-refractivity contribution in [2.24, 2.45) is 5.92 Å². The lowest BCUT2D eigenvalue weighted by Crippen LogP contribution is -2.38. The van der Waals surface area contributed by atoms with Crippen LogP contribution in [0.25, 0.3) is 11.3 Å². The summed E-state index contributed by atoms with van der Waals surface area (Å²) in [5.74, 6) is 1.13. The molecule has 1 atom stereocenters. The van der Waals surface area contributed by atoms with Crippen molar-refractivity contribution in [3.63, 3.8) is 0 Å². The van der Waals surface area contributed by atoms with E-state index in [4.69, 9.17) is 9.15 Å². The molecule has 1 N–H and O–H groups in total. The van der Waals surface area contributed by atoms with E-state index in [1.54, 1.807) is 35.2 Å². The van der Waals surface area contributed by atoms with Gasteiger partial charge in [-0.2, -0.15) is 0 Å². The third-order valence-corrected chi connectivity index (χ3v) is 4.35. The van der Waals surface area contributed by atoms with E-state index < -0.39 is 0 Å². The molecule has 2 aromatic rings. The number of urea groups is 1. The van der Waals surface area contributed by atoms with Crippen molar-refractivity contribution < 1.29 is 18.3 Å². The number of nitrogens with one attached hydrogen (secondary N) is 1. The van der Waals surface area contributed by atoms with E-state index in [0.717, 1.165) is 13.0 Å². The van der Waals surface area contributed by atoms with Crippen LogP contribution < -0.4 is 5.32 Å². The molecule has 0 saturated carbocycles. The summed E-state index contributed by atoms with van der Waals surface area (Å²) in [6.45, 7) is 5.10. The van der Waals surface area contributed by atoms with Gasteiger partial charge in [0.25, 0.3) is 0 Å². The van der Waals surface area contributed by atoms with E-state index in [0.29, 0.717) is 42.8 Å². The molecule has 1 saturated heterocycles. The second kappa shape index (κ2) is 8.16. The van der Waals surface area contributed by atoms with E-state index in [-0.39, 0.29) is 18.4 Å². The second-order valence-corrected chi connectivity index (χ2v) is 6.16. The molecule has 6 heteroatoms. The molecule has 1 fully saturated rings. The van der Waals surface area contributed by atoms with Crippen LogP contribution in [0.5, 0.6) is 0 Å². The summed E-state index contributed by atoms with van der Waals surface area (Å²) in [5, 5.41) is 2.86. The zero-order chi connectivity index (χ0) is 17.6. The lowest BCUT2D eigenvalue weighted by molar-refractivity contribution is 0.113. The van der Waals surface area contributed by atoms with E-state index in [2.05, 4.69) is 5.32 Å². The number of nitrogens with zero attached hydrogens (tertiary/aromatic N) is 1. The lowest BCUT2D eigenvalue weighted by Gasteiger charge is -2.17. The van der Waals surface area contributed by atoms with Crippen LogP contribution in [0, 0.1) is 11.7 Å². The van der Waals surface area contributed by atoms with Gasteiger partial charge in [0.2, 0.25) is 0 Å². The van der Waals surface area contributed by atoms with E-state index in [1.165, 1.54) is 6.07 Å². The Hall–Kier alpha value is -2.34. The Labute approximate surface area is 146 Å². The van der Waals surface area contributed by atoms with Gasteiger partial charge < -0.3 is 19.4 Å². The molecular weight excluding hydrogens is 323 g/mol. The van der Waals surface area contributed by atoms with Gasteiger partial charge in [0.1, 0.15) is 17.3 Å². The van der Waals surface area contributed by atoms with Crippen molar-refractivity contribution in [1.82, 2.24) is 10.2 Å². The molecule has 0 aliphatic carbocycles. The molecule has 2 amide bonds. The quantitative estimate of drug-likeness (QED) is 0.868. The molecule has 0 radical (unpaired) electrons. The first kappa shape index (κ1) is 17.5. The molecule has 25 heavy (non-hydrogen) atoms. The van der Waals surface area contributed by atoms with Crippen LogP contribution in [0.15, 0.2) is 40.8 Å². The first-order chi connectivity index (χ1) is 12.2. The number of hydrogen-bond donors (Lipinski definition) is 1. The summed E-state index contributed by atoms with van der Waals surface area (Å²) in [4.78, 5) is 14.0. The molecule has 0 unspecified atom stereocenters. The summed E-state index contributed by atoms with van der Waals surface area (Å²) in [6, 6.07) is 9.82. The fourth-order valence-electron chi connectivity index (χ4n) is 2.99. The second-order valence-electron chi connectivity index (χ2n) is 6.16. The third-order valence-electron chi connectivity index (χ3n) is 4.35. The summed E-state index contributed by atoms with van der Waals surface area (Å²) < 4.78 is 24.9. The van der Waals surface area contributed by atoms with Gasteiger partial charge in [-0.25, -0.2) is 9.18 Å². The molecule has 0 bridgehead atoms. The normalized spacial score (nSPS) is 17.0. The smallest absolute Gasteiger partial charge is 0.317 e. The van der Waals surface area contributed by atoms with Gasteiger partial charge >= 0.3 is 6.03 Å². The zero-order valence-corrected chi connectivity index (χ0v) is 14.3. The molecule has 1 aliphatic heterocycles. The summed E-state index contributed by atoms with van der Waals surface area (Å²) in [5.41, 5.74) is 0.415. The summed E-state index contributed by atoms with van der Waals surface area (Å²) >= 11 is 0. The summed E-state index contributed by atoms with van der Waals surface area (Å²) in [6.07, 6.45) is 0.964. The van der Waals surface area contributed by atoms with Crippen LogP contribution in [0.3, 0.4) is 0 Å². The lowest BCUT2D eigenvalue weighted by atomic mass is 10.1. The number of carbonyl (C=O) groups is 1. The van der Waals surface area contributed by atoms with Crippen molar-refractivity contribution in [2.45, 2.75) is 19.9 Å². The fourth-order valence-corrected chi connectivity index (χ4v) is 2.99. The Kier molecular flexibility index (Phi) is 5.71. The maximum absolute atomic E-state index is 13.8. The summed E-state index contributed by atoms with van der Waals surface area (Å²) in [7, 11) is 0. The maximum atomic E-state index is 13.8. The maximum Gasteiger partial charge on any atom is 0.317 e. The average Bonchev–Trinajstić information content (AvgIpc) is 3.28. The van der Waals surface area contributed by atoms with Gasteiger partial charge in [0.15, 0.2) is 0 Å². The number of benzene rings is 1. The number of halogens is 1. The monoisotopic (exact) mass is 346 g/mol. The molecule has 2 heterocycles. The van der Waals surface area contributed by atoms with Crippen molar-refractivity contribution in [3.8, 4) is 11.3 Å². The van der Waals surface area contributed by atoms with Gasteiger partial charge in [-0.1, -0.05) is 12.1 Å². The number of ether oxygens (including phenoxy) is 1. The van der Waals surface area contributed by atoms with Gasteiger partial charge in [-0.3, -0.25) is 0 Å². The van der Waals surface area contributed by atoms with Crippen LogP contribution in [0.2, 0.25) is 0 Å². The first-order valence-electron chi connectivity index (χ1n) is 8.61. The molecule has 1 aliphatic rings. The molecule has 134 valence electrons. The minimum absolute atomic E-state index is 0.108.